The maximum atomic E-state index is 13.9. The molecule has 0 bridgehead atoms. The van der Waals surface area contributed by atoms with Gasteiger partial charge in [-0.15, -0.1) is 0 Å². The van der Waals surface area contributed by atoms with Crippen LogP contribution in [0.15, 0.2) is 47.4 Å². The van der Waals surface area contributed by atoms with Gasteiger partial charge in [0, 0.05) is 52.1 Å². The maximum absolute atomic E-state index is 13.9. The van der Waals surface area contributed by atoms with E-state index in [-0.39, 0.29) is 10.8 Å². The third-order valence-electron chi connectivity index (χ3n) is 8.87. The van der Waals surface area contributed by atoms with Crippen molar-refractivity contribution in [1.82, 2.24) is 9.80 Å². The minimum Gasteiger partial charge on any atom is -0.370 e. The lowest BCUT2D eigenvalue weighted by atomic mass is 9.89. The number of carbonyl (C=O) groups excluding carboxylic acids is 1. The van der Waals surface area contributed by atoms with Crippen molar-refractivity contribution in [3.8, 4) is 0 Å². The molecule has 2 aliphatic heterocycles. The van der Waals surface area contributed by atoms with Crippen LogP contribution in [0.25, 0.3) is 0 Å². The zero-order chi connectivity index (χ0) is 29.4. The van der Waals surface area contributed by atoms with Crippen LogP contribution in [0.5, 0.6) is 0 Å². The molecule has 8 heteroatoms. The highest BCUT2D eigenvalue weighted by molar-refractivity contribution is 7.90. The van der Waals surface area contributed by atoms with Crippen LogP contribution in [0.4, 0.5) is 11.4 Å². The summed E-state index contributed by atoms with van der Waals surface area (Å²) in [4.78, 5) is 23.1. The molecule has 2 heterocycles. The first-order chi connectivity index (χ1) is 19.8. The van der Waals surface area contributed by atoms with E-state index < -0.39 is 9.84 Å². The predicted molar refractivity (Wildman–Crippen MR) is 170 cm³/mol. The number of sulfone groups is 1. The molecule has 2 fully saturated rings. The molecule has 4 rings (SSSR count). The van der Waals surface area contributed by atoms with Crippen molar-refractivity contribution in [2.75, 3.05) is 75.0 Å². The van der Waals surface area contributed by atoms with Crippen molar-refractivity contribution in [2.45, 2.75) is 70.1 Å². The third-order valence-corrected chi connectivity index (χ3v) is 10.00. The van der Waals surface area contributed by atoms with Crippen molar-refractivity contribution >= 4 is 27.1 Å². The smallest absolute Gasteiger partial charge is 0.255 e. The van der Waals surface area contributed by atoms with Gasteiger partial charge in [0.1, 0.15) is 0 Å². The second-order valence-electron chi connectivity index (χ2n) is 11.6. The fraction of sp³-hybridized carbons (Fsp3) is 0.606. The summed E-state index contributed by atoms with van der Waals surface area (Å²) in [6.45, 7) is 13.8. The number of likely N-dealkylation sites (tertiary alicyclic amines) is 1. The summed E-state index contributed by atoms with van der Waals surface area (Å²) in [6, 6.07) is 14.4. The van der Waals surface area contributed by atoms with Crippen molar-refractivity contribution in [2.24, 2.45) is 0 Å². The minimum atomic E-state index is -3.57. The van der Waals surface area contributed by atoms with E-state index in [0.717, 1.165) is 82.9 Å². The normalized spacial score (nSPS) is 16.7. The number of hydrogen-bond acceptors (Lipinski definition) is 6. The number of carbonyl (C=O) groups is 1. The Morgan fingerprint density at radius 3 is 2.17 bits per heavy atom. The molecule has 0 radical (unpaired) electrons. The van der Waals surface area contributed by atoms with Gasteiger partial charge in [-0.1, -0.05) is 43.7 Å². The molecule has 2 aliphatic rings. The standard InChI is InChI=1S/C33H50N4O3S/c1-5-8-20-36(24-23-34-18-12-13-19-34)30-26-31(37-21-16-28(17-22-37)27-14-10-9-11-15-27)32(41(4,39)40)25-29(30)33(38)35(6-2)7-3/h9-11,14-15,25-26,28H,5-8,12-13,16-24H2,1-4H3. The first-order valence-corrected chi connectivity index (χ1v) is 17.6. The highest BCUT2D eigenvalue weighted by Gasteiger charge is 2.30. The number of anilines is 2. The van der Waals surface area contributed by atoms with Gasteiger partial charge >= 0.3 is 0 Å². The Hall–Kier alpha value is -2.58. The number of amides is 1. The summed E-state index contributed by atoms with van der Waals surface area (Å²) in [6.07, 6.45) is 7.77. The van der Waals surface area contributed by atoms with E-state index in [1.807, 2.05) is 26.0 Å². The zero-order valence-corrected chi connectivity index (χ0v) is 26.5. The Morgan fingerprint density at radius 1 is 0.927 bits per heavy atom. The molecule has 0 saturated carbocycles. The molecule has 226 valence electrons. The Balaban J connectivity index is 1.75. The Morgan fingerprint density at radius 2 is 1.59 bits per heavy atom. The van der Waals surface area contributed by atoms with E-state index >= 15 is 0 Å². The van der Waals surface area contributed by atoms with E-state index in [9.17, 15) is 13.2 Å². The lowest BCUT2D eigenvalue weighted by molar-refractivity contribution is 0.0773. The molecule has 41 heavy (non-hydrogen) atoms. The maximum Gasteiger partial charge on any atom is 0.255 e. The summed E-state index contributed by atoms with van der Waals surface area (Å²) in [5, 5.41) is 0. The minimum absolute atomic E-state index is 0.0908. The van der Waals surface area contributed by atoms with E-state index in [2.05, 4.69) is 45.9 Å². The molecule has 7 nitrogen and oxygen atoms in total. The number of hydrogen-bond donors (Lipinski definition) is 0. The lowest BCUT2D eigenvalue weighted by Gasteiger charge is -2.37. The largest absolute Gasteiger partial charge is 0.370 e. The van der Waals surface area contributed by atoms with Crippen LogP contribution in [0.2, 0.25) is 0 Å². The Kier molecular flexibility index (Phi) is 11.1. The van der Waals surface area contributed by atoms with Gasteiger partial charge in [-0.3, -0.25) is 4.79 Å². The van der Waals surface area contributed by atoms with Crippen molar-refractivity contribution in [3.05, 3.63) is 53.6 Å². The SMILES string of the molecule is CCCCN(CCN1CCCC1)c1cc(N2CCC(c3ccccc3)CC2)c(S(C)(=O)=O)cc1C(=O)N(CC)CC. The molecule has 2 saturated heterocycles. The lowest BCUT2D eigenvalue weighted by Crippen LogP contribution is -2.38. The summed E-state index contributed by atoms with van der Waals surface area (Å²) < 4.78 is 26.5. The van der Waals surface area contributed by atoms with Crippen LogP contribution in [0.1, 0.15) is 81.1 Å². The fourth-order valence-corrected chi connectivity index (χ4v) is 7.26. The molecule has 2 aromatic rings. The van der Waals surface area contributed by atoms with E-state index in [0.29, 0.717) is 24.6 Å². The van der Waals surface area contributed by atoms with Gasteiger partial charge in [0.15, 0.2) is 9.84 Å². The van der Waals surface area contributed by atoms with Gasteiger partial charge in [-0.25, -0.2) is 8.42 Å². The molecular formula is C33H50N4O3S. The Bertz CT molecular complexity index is 1230. The third kappa shape index (κ3) is 7.83. The number of piperidine rings is 1. The van der Waals surface area contributed by atoms with Crippen LogP contribution >= 0.6 is 0 Å². The van der Waals surface area contributed by atoms with Crippen LogP contribution in [0, 0.1) is 0 Å². The monoisotopic (exact) mass is 582 g/mol. The summed E-state index contributed by atoms with van der Waals surface area (Å²) in [7, 11) is -3.57. The van der Waals surface area contributed by atoms with Gasteiger partial charge in [-0.05, 0) is 82.7 Å². The van der Waals surface area contributed by atoms with Crippen LogP contribution in [-0.2, 0) is 9.84 Å². The molecule has 0 aromatic heterocycles. The fourth-order valence-electron chi connectivity index (χ4n) is 6.36. The summed E-state index contributed by atoms with van der Waals surface area (Å²) in [5.41, 5.74) is 3.48. The van der Waals surface area contributed by atoms with Crippen LogP contribution in [0.3, 0.4) is 0 Å². The zero-order valence-electron chi connectivity index (χ0n) is 25.6. The second-order valence-corrected chi connectivity index (χ2v) is 13.6. The average Bonchev–Trinajstić information content (AvgIpc) is 3.51. The average molecular weight is 583 g/mol. The van der Waals surface area contributed by atoms with Gasteiger partial charge in [0.2, 0.25) is 0 Å². The molecular weight excluding hydrogens is 532 g/mol. The molecule has 0 atom stereocenters. The van der Waals surface area contributed by atoms with Crippen LogP contribution < -0.4 is 9.80 Å². The van der Waals surface area contributed by atoms with Gasteiger partial charge < -0.3 is 19.6 Å². The van der Waals surface area contributed by atoms with Gasteiger partial charge in [-0.2, -0.15) is 0 Å². The summed E-state index contributed by atoms with van der Waals surface area (Å²) >= 11 is 0. The van der Waals surface area contributed by atoms with E-state index in [1.165, 1.54) is 24.7 Å². The number of nitrogens with zero attached hydrogens (tertiary/aromatic N) is 4. The van der Waals surface area contributed by atoms with Gasteiger partial charge in [0.05, 0.1) is 21.8 Å². The number of unbranched alkanes of at least 4 members (excludes halogenated alkanes) is 1. The first kappa shape index (κ1) is 31.4. The summed E-state index contributed by atoms with van der Waals surface area (Å²) in [5.74, 6) is 0.380. The van der Waals surface area contributed by atoms with Crippen LogP contribution in [-0.4, -0.2) is 89.3 Å². The number of benzene rings is 2. The van der Waals surface area contributed by atoms with E-state index in [1.54, 1.807) is 11.0 Å². The molecule has 2 aromatic carbocycles. The molecule has 0 N–H and O–H groups in total. The van der Waals surface area contributed by atoms with E-state index in [4.69, 9.17) is 0 Å². The second kappa shape index (κ2) is 14.5. The van der Waals surface area contributed by atoms with Crippen molar-refractivity contribution in [1.29, 1.82) is 0 Å². The predicted octanol–water partition coefficient (Wildman–Crippen LogP) is 5.66. The molecule has 1 amide bonds. The quantitative estimate of drug-likeness (QED) is 0.304. The highest BCUT2D eigenvalue weighted by atomic mass is 32.2. The Labute approximate surface area is 248 Å². The van der Waals surface area contributed by atoms with Gasteiger partial charge in [0.25, 0.3) is 5.91 Å². The molecule has 0 aliphatic carbocycles. The first-order valence-electron chi connectivity index (χ1n) is 15.7. The van der Waals surface area contributed by atoms with Crippen molar-refractivity contribution in [3.63, 3.8) is 0 Å². The topological polar surface area (TPSA) is 64.2 Å². The number of rotatable bonds is 13. The molecule has 0 spiro atoms. The van der Waals surface area contributed by atoms with Crippen molar-refractivity contribution < 1.29 is 13.2 Å². The molecule has 0 unspecified atom stereocenters. The highest BCUT2D eigenvalue weighted by Crippen LogP contribution is 2.38.